The molecule has 0 radical (unpaired) electrons. The molecule has 0 spiro atoms. The molecule has 2 aliphatic heterocycles. The van der Waals surface area contributed by atoms with E-state index >= 15 is 0 Å². The Bertz CT molecular complexity index is 494. The van der Waals surface area contributed by atoms with Gasteiger partial charge < -0.3 is 14.2 Å². The summed E-state index contributed by atoms with van der Waals surface area (Å²) in [6.07, 6.45) is 3.62. The van der Waals surface area contributed by atoms with E-state index in [2.05, 4.69) is 6.07 Å². The number of ether oxygens (including phenoxy) is 3. The normalized spacial score (nSPS) is 16.7. The molecule has 1 aromatic carbocycles. The van der Waals surface area contributed by atoms with E-state index in [9.17, 15) is 5.26 Å². The molecule has 0 N–H and O–H groups in total. The van der Waals surface area contributed by atoms with E-state index in [1.165, 1.54) is 0 Å². The number of methoxy groups -OCH3 is 1. The van der Waals surface area contributed by atoms with Gasteiger partial charge in [-0.15, -0.1) is 0 Å². The maximum atomic E-state index is 9.39. The van der Waals surface area contributed by atoms with E-state index in [1.54, 1.807) is 7.11 Å². The minimum absolute atomic E-state index is 0.639. The molecule has 2 heterocycles. The van der Waals surface area contributed by atoms with Crippen molar-refractivity contribution < 1.29 is 14.2 Å². The van der Waals surface area contributed by atoms with Gasteiger partial charge in [-0.3, -0.25) is 0 Å². The second-order valence-corrected chi connectivity index (χ2v) is 4.54. The van der Waals surface area contributed by atoms with Gasteiger partial charge in [0.05, 0.1) is 20.3 Å². The van der Waals surface area contributed by atoms with Gasteiger partial charge in [-0.1, -0.05) is 0 Å². The van der Waals surface area contributed by atoms with Crippen molar-refractivity contribution >= 4 is 0 Å². The average molecular weight is 245 g/mol. The van der Waals surface area contributed by atoms with Crippen molar-refractivity contribution in [2.75, 3.05) is 20.3 Å². The first-order chi connectivity index (χ1) is 8.86. The summed E-state index contributed by atoms with van der Waals surface area (Å²) >= 11 is 0. The molecule has 0 aliphatic carbocycles. The third-order valence-corrected chi connectivity index (χ3v) is 3.51. The molecule has 18 heavy (non-hydrogen) atoms. The topological polar surface area (TPSA) is 51.5 Å². The fraction of sp³-hybridized carbons (Fsp3) is 0.500. The first kappa shape index (κ1) is 11.2. The summed E-state index contributed by atoms with van der Waals surface area (Å²) in [5, 5.41) is 9.39. The van der Waals surface area contributed by atoms with Crippen LogP contribution in [0.5, 0.6) is 17.2 Å². The summed E-state index contributed by atoms with van der Waals surface area (Å²) in [5.41, 5.74) is 2.57. The number of benzene rings is 1. The van der Waals surface area contributed by atoms with Gasteiger partial charge in [0.25, 0.3) is 0 Å². The van der Waals surface area contributed by atoms with Gasteiger partial charge >= 0.3 is 0 Å². The Balaban J connectivity index is 2.30. The molecule has 0 bridgehead atoms. The molecule has 2 aliphatic rings. The minimum Gasteiger partial charge on any atom is -0.492 e. The van der Waals surface area contributed by atoms with Gasteiger partial charge in [-0.25, -0.2) is 0 Å². The Morgan fingerprint density at radius 3 is 2.39 bits per heavy atom. The Labute approximate surface area is 106 Å². The highest BCUT2D eigenvalue weighted by molar-refractivity contribution is 5.67. The Kier molecular flexibility index (Phi) is 2.75. The van der Waals surface area contributed by atoms with Crippen LogP contribution in [0.3, 0.4) is 0 Å². The summed E-state index contributed by atoms with van der Waals surface area (Å²) in [4.78, 5) is 0. The van der Waals surface area contributed by atoms with Crippen LogP contribution in [0.15, 0.2) is 0 Å². The molecule has 4 nitrogen and oxygen atoms in total. The Morgan fingerprint density at radius 1 is 1.06 bits per heavy atom. The molecule has 0 saturated carbocycles. The number of hydrogen-bond donors (Lipinski definition) is 0. The number of nitrogens with zero attached hydrogens (tertiary/aromatic N) is 1. The number of fused-ring (bicyclic) bond motifs is 2. The molecule has 4 heteroatoms. The lowest BCUT2D eigenvalue weighted by atomic mass is 9.92. The molecule has 0 atom stereocenters. The van der Waals surface area contributed by atoms with Crippen molar-refractivity contribution in [2.45, 2.75) is 25.7 Å². The van der Waals surface area contributed by atoms with E-state index in [4.69, 9.17) is 14.2 Å². The van der Waals surface area contributed by atoms with Crippen LogP contribution in [0, 0.1) is 11.3 Å². The molecule has 0 amide bonds. The van der Waals surface area contributed by atoms with E-state index < -0.39 is 0 Å². The smallest absolute Gasteiger partial charge is 0.168 e. The zero-order valence-electron chi connectivity index (χ0n) is 10.4. The van der Waals surface area contributed by atoms with E-state index in [1.807, 2.05) is 0 Å². The van der Waals surface area contributed by atoms with Gasteiger partial charge in [0.2, 0.25) is 0 Å². The summed E-state index contributed by atoms with van der Waals surface area (Å²) in [7, 11) is 1.65. The van der Waals surface area contributed by atoms with Crippen molar-refractivity contribution in [1.29, 1.82) is 5.26 Å². The first-order valence-corrected chi connectivity index (χ1v) is 6.28. The number of hydrogen-bond acceptors (Lipinski definition) is 4. The van der Waals surface area contributed by atoms with Crippen molar-refractivity contribution in [3.63, 3.8) is 0 Å². The van der Waals surface area contributed by atoms with Crippen molar-refractivity contribution in [3.05, 3.63) is 16.7 Å². The van der Waals surface area contributed by atoms with Gasteiger partial charge in [-0.2, -0.15) is 5.26 Å². The van der Waals surface area contributed by atoms with Crippen LogP contribution in [-0.2, 0) is 12.8 Å². The van der Waals surface area contributed by atoms with Crippen molar-refractivity contribution in [2.24, 2.45) is 0 Å². The molecule has 0 unspecified atom stereocenters. The molecule has 0 saturated heterocycles. The standard InChI is InChI=1S/C14H15NO3/c1-16-13-10-5-3-6-17-12(10)11(8-15)9-4-2-7-18-14(9)13/h2-7H2,1H3. The van der Waals surface area contributed by atoms with Crippen molar-refractivity contribution in [1.82, 2.24) is 0 Å². The number of rotatable bonds is 1. The molecule has 3 rings (SSSR count). The highest BCUT2D eigenvalue weighted by atomic mass is 16.5. The SMILES string of the molecule is COc1c2c(c(C#N)c3c1OCCC3)OCCC2. The highest BCUT2D eigenvalue weighted by Gasteiger charge is 2.29. The third-order valence-electron chi connectivity index (χ3n) is 3.51. The monoisotopic (exact) mass is 245 g/mol. The van der Waals surface area contributed by atoms with Gasteiger partial charge in [-0.05, 0) is 25.7 Å². The molecular formula is C14H15NO3. The van der Waals surface area contributed by atoms with Gasteiger partial charge in [0.1, 0.15) is 17.4 Å². The van der Waals surface area contributed by atoms with Crippen LogP contribution in [-0.4, -0.2) is 20.3 Å². The van der Waals surface area contributed by atoms with E-state index in [0.29, 0.717) is 24.5 Å². The van der Waals surface area contributed by atoms with Crippen LogP contribution in [0.4, 0.5) is 0 Å². The second-order valence-electron chi connectivity index (χ2n) is 4.54. The molecule has 94 valence electrons. The Morgan fingerprint density at radius 2 is 1.72 bits per heavy atom. The lowest BCUT2D eigenvalue weighted by Gasteiger charge is -2.27. The number of nitriles is 1. The minimum atomic E-state index is 0.639. The fourth-order valence-corrected chi connectivity index (χ4v) is 2.74. The zero-order chi connectivity index (χ0) is 12.5. The molecular weight excluding hydrogens is 230 g/mol. The summed E-state index contributed by atoms with van der Waals surface area (Å²) in [6.45, 7) is 1.36. The van der Waals surface area contributed by atoms with Crippen LogP contribution in [0.2, 0.25) is 0 Å². The highest BCUT2D eigenvalue weighted by Crippen LogP contribution is 2.47. The average Bonchev–Trinajstić information content (AvgIpc) is 2.44. The van der Waals surface area contributed by atoms with Crippen LogP contribution < -0.4 is 14.2 Å². The quantitative estimate of drug-likeness (QED) is 0.761. The maximum Gasteiger partial charge on any atom is 0.168 e. The van der Waals surface area contributed by atoms with Crippen molar-refractivity contribution in [3.8, 4) is 23.3 Å². The predicted molar refractivity (Wildman–Crippen MR) is 65.3 cm³/mol. The summed E-state index contributed by atoms with van der Waals surface area (Å²) in [5.74, 6) is 2.23. The zero-order valence-corrected chi connectivity index (χ0v) is 10.4. The first-order valence-electron chi connectivity index (χ1n) is 6.28. The predicted octanol–water partition coefficient (Wildman–Crippen LogP) is 2.22. The molecule has 1 aromatic rings. The van der Waals surface area contributed by atoms with Crippen LogP contribution >= 0.6 is 0 Å². The van der Waals surface area contributed by atoms with Gasteiger partial charge in [0.15, 0.2) is 11.5 Å². The van der Waals surface area contributed by atoms with Gasteiger partial charge in [0, 0.05) is 11.1 Å². The molecule has 0 aromatic heterocycles. The van der Waals surface area contributed by atoms with Crippen LogP contribution in [0.1, 0.15) is 29.5 Å². The third kappa shape index (κ3) is 1.51. The largest absolute Gasteiger partial charge is 0.492 e. The summed E-state index contributed by atoms with van der Waals surface area (Å²) in [6, 6.07) is 2.27. The van der Waals surface area contributed by atoms with Crippen LogP contribution in [0.25, 0.3) is 0 Å². The lowest BCUT2D eigenvalue weighted by molar-refractivity contribution is 0.252. The molecule has 0 fully saturated rings. The van der Waals surface area contributed by atoms with E-state index in [0.717, 1.165) is 48.3 Å². The maximum absolute atomic E-state index is 9.39. The Hall–Kier alpha value is -1.89. The second kappa shape index (κ2) is 4.41. The lowest BCUT2D eigenvalue weighted by Crippen LogP contribution is -2.17. The fourth-order valence-electron chi connectivity index (χ4n) is 2.74. The van der Waals surface area contributed by atoms with E-state index in [-0.39, 0.29) is 0 Å². The summed E-state index contributed by atoms with van der Waals surface area (Å²) < 4.78 is 16.9.